The smallest absolute Gasteiger partial charge is 0.264 e. The summed E-state index contributed by atoms with van der Waals surface area (Å²) in [5, 5.41) is 11.6. The maximum atomic E-state index is 14.9. The minimum atomic E-state index is -2.42. The van der Waals surface area contributed by atoms with Crippen LogP contribution in [0.4, 0.5) is 5.69 Å². The van der Waals surface area contributed by atoms with Gasteiger partial charge in [0.2, 0.25) is 5.91 Å². The zero-order valence-electron chi connectivity index (χ0n) is 28.1. The van der Waals surface area contributed by atoms with E-state index in [1.165, 1.54) is 10.8 Å². The molecule has 1 N–H and O–H groups in total. The topological polar surface area (TPSA) is 79.3 Å². The summed E-state index contributed by atoms with van der Waals surface area (Å²) in [6.07, 6.45) is 0.248. The number of carbonyl (C=O) groups excluding carboxylic acids is 2. The monoisotopic (exact) mass is 660 g/mol. The van der Waals surface area contributed by atoms with Gasteiger partial charge in [0.25, 0.3) is 5.91 Å². The Bertz CT molecular complexity index is 1810. The summed E-state index contributed by atoms with van der Waals surface area (Å²) >= 11 is 0. The first-order chi connectivity index (χ1) is 23.2. The highest BCUT2D eigenvalue weighted by atomic mass is 28.3. The second kappa shape index (κ2) is 12.7. The predicted molar refractivity (Wildman–Crippen MR) is 190 cm³/mol. The summed E-state index contributed by atoms with van der Waals surface area (Å²) in [5.74, 6) is 0.463. The van der Waals surface area contributed by atoms with E-state index >= 15 is 0 Å². The molecule has 1 spiro atoms. The lowest BCUT2D eigenvalue weighted by Gasteiger charge is -2.39. The molecule has 1 saturated heterocycles. The number of fused-ring (bicyclic) bond motifs is 3. The number of hydrogen-bond acceptors (Lipinski definition) is 5. The van der Waals surface area contributed by atoms with Gasteiger partial charge in [-0.3, -0.25) is 9.59 Å². The van der Waals surface area contributed by atoms with Crippen LogP contribution in [0.5, 0.6) is 5.75 Å². The number of hydrogen-bond donors (Lipinski definition) is 1. The van der Waals surface area contributed by atoms with Crippen LogP contribution in [-0.2, 0) is 39.4 Å². The highest BCUT2D eigenvalue weighted by Gasteiger charge is 2.66. The molecule has 8 heteroatoms. The fraction of sp³-hybridized carbons (Fsp3) is 0.350. The minimum Gasteiger partial charge on any atom is -0.497 e. The van der Waals surface area contributed by atoms with Gasteiger partial charge in [-0.05, 0) is 46.9 Å². The number of carbonyl (C=O) groups is 2. The highest BCUT2D eigenvalue weighted by molar-refractivity contribution is 6.91. The fourth-order valence-corrected chi connectivity index (χ4v) is 12.7. The number of methoxy groups -OCH3 is 1. The Kier molecular flexibility index (Phi) is 8.52. The molecule has 0 saturated carbocycles. The molecule has 5 atom stereocenters. The Balaban J connectivity index is 1.29. The molecule has 0 unspecified atom stereocenters. The molecule has 3 heterocycles. The molecule has 1 fully saturated rings. The average Bonchev–Trinajstić information content (AvgIpc) is 3.54. The van der Waals surface area contributed by atoms with E-state index in [1.807, 2.05) is 88.7 Å². The van der Waals surface area contributed by atoms with Crippen LogP contribution in [0.25, 0.3) is 0 Å². The number of aliphatic hydroxyl groups excluding tert-OH is 1. The van der Waals surface area contributed by atoms with Gasteiger partial charge < -0.3 is 24.4 Å². The third-order valence-electron chi connectivity index (χ3n) is 11.2. The van der Waals surface area contributed by atoms with Crippen molar-refractivity contribution in [2.75, 3.05) is 18.6 Å². The molecule has 0 radical (unpaired) electrons. The van der Waals surface area contributed by atoms with Crippen molar-refractivity contribution in [3.05, 3.63) is 125 Å². The van der Waals surface area contributed by atoms with Crippen LogP contribution in [0.2, 0.25) is 18.6 Å². The van der Waals surface area contributed by atoms with E-state index in [0.29, 0.717) is 19.5 Å². The summed E-state index contributed by atoms with van der Waals surface area (Å²) < 4.78 is 12.7. The molecular formula is C40H44N2O5Si. The Morgan fingerprint density at radius 3 is 2.31 bits per heavy atom. The van der Waals surface area contributed by atoms with Crippen LogP contribution in [0.15, 0.2) is 103 Å². The third-order valence-corrected chi connectivity index (χ3v) is 15.5. The maximum Gasteiger partial charge on any atom is 0.264 e. The quantitative estimate of drug-likeness (QED) is 0.242. The van der Waals surface area contributed by atoms with Crippen molar-refractivity contribution >= 4 is 30.8 Å². The van der Waals surface area contributed by atoms with Gasteiger partial charge in [-0.15, -0.1) is 0 Å². The molecule has 3 aliphatic heterocycles. The van der Waals surface area contributed by atoms with Crippen LogP contribution in [0, 0.1) is 5.92 Å². The van der Waals surface area contributed by atoms with Crippen LogP contribution < -0.4 is 14.8 Å². The number of amides is 2. The van der Waals surface area contributed by atoms with Crippen LogP contribution in [0.1, 0.15) is 35.6 Å². The lowest BCUT2D eigenvalue weighted by atomic mass is 9.82. The molecule has 2 amide bonds. The van der Waals surface area contributed by atoms with Gasteiger partial charge in [-0.2, -0.15) is 0 Å². The molecule has 48 heavy (non-hydrogen) atoms. The standard InChI is InChI=1S/C40H44N2O5Si/c1-27-38(48(3,4)33-20-18-32(46-2)19-21-33)36(23-37(44)41-25-30-15-9-8-14-29(30)22-31(41)26-43)47-40(27)34-16-10-11-17-35(34)42(39(40)45)24-28-12-6-5-7-13-28/h5-21,27,31,36,38,43H,22-26H2,1-4H3/t27-,31-,36+,38-,40+/m0/s1. The number of aliphatic hydroxyl groups is 1. The first-order valence-electron chi connectivity index (χ1n) is 16.9. The summed E-state index contributed by atoms with van der Waals surface area (Å²) in [4.78, 5) is 33.0. The van der Waals surface area contributed by atoms with Crippen LogP contribution in [0.3, 0.4) is 0 Å². The Hall–Kier alpha value is -4.24. The average molecular weight is 661 g/mol. The second-order valence-corrected chi connectivity index (χ2v) is 18.8. The lowest BCUT2D eigenvalue weighted by Crippen LogP contribution is -2.52. The molecule has 4 aromatic carbocycles. The first kappa shape index (κ1) is 32.3. The van der Waals surface area contributed by atoms with Crippen molar-refractivity contribution in [1.82, 2.24) is 4.90 Å². The maximum absolute atomic E-state index is 14.9. The lowest BCUT2D eigenvalue weighted by molar-refractivity contribution is -0.151. The minimum absolute atomic E-state index is 0.0535. The van der Waals surface area contributed by atoms with Crippen molar-refractivity contribution in [3.63, 3.8) is 0 Å². The third kappa shape index (κ3) is 5.27. The zero-order valence-corrected chi connectivity index (χ0v) is 29.1. The molecule has 0 aromatic heterocycles. The largest absolute Gasteiger partial charge is 0.497 e. The fourth-order valence-electron chi connectivity index (χ4n) is 8.72. The molecule has 3 aliphatic rings. The van der Waals surface area contributed by atoms with Crippen molar-refractivity contribution in [1.29, 1.82) is 0 Å². The molecule has 0 aliphatic carbocycles. The van der Waals surface area contributed by atoms with Crippen molar-refractivity contribution < 1.29 is 24.2 Å². The van der Waals surface area contributed by atoms with Crippen molar-refractivity contribution in [2.45, 2.75) is 69.2 Å². The number of benzene rings is 4. The van der Waals surface area contributed by atoms with Crippen molar-refractivity contribution in [2.24, 2.45) is 5.92 Å². The second-order valence-electron chi connectivity index (χ2n) is 14.1. The highest BCUT2D eigenvalue weighted by Crippen LogP contribution is 2.60. The van der Waals surface area contributed by atoms with Gasteiger partial charge in [-0.25, -0.2) is 0 Å². The molecule has 248 valence electrons. The summed E-state index contributed by atoms with van der Waals surface area (Å²) in [6, 6.07) is 34.1. The number of ether oxygens (including phenoxy) is 2. The Morgan fingerprint density at radius 1 is 0.938 bits per heavy atom. The Morgan fingerprint density at radius 2 is 1.60 bits per heavy atom. The van der Waals surface area contributed by atoms with Crippen LogP contribution in [-0.4, -0.2) is 55.8 Å². The summed E-state index contributed by atoms with van der Waals surface area (Å²) in [7, 11) is -0.754. The van der Waals surface area contributed by atoms with Gasteiger partial charge in [-0.1, -0.05) is 110 Å². The number of para-hydroxylation sites is 1. The first-order valence-corrected chi connectivity index (χ1v) is 20.0. The SMILES string of the molecule is COc1ccc([Si](C)(C)[C@@H]2[C@@H](CC(=O)N3Cc4ccccc4C[C@H]3CO)O[C@]3(C(=O)N(Cc4ccccc4)c4ccccc43)[C@H]2C)cc1. The van der Waals surface area contributed by atoms with E-state index in [4.69, 9.17) is 9.47 Å². The van der Waals surface area contributed by atoms with E-state index in [9.17, 15) is 14.7 Å². The molecule has 0 bridgehead atoms. The molecule has 7 nitrogen and oxygen atoms in total. The van der Waals surface area contributed by atoms with E-state index in [0.717, 1.165) is 28.1 Å². The van der Waals surface area contributed by atoms with E-state index in [2.05, 4.69) is 44.3 Å². The zero-order chi connectivity index (χ0) is 33.6. The Labute approximate surface area is 284 Å². The van der Waals surface area contributed by atoms with Gasteiger partial charge in [0.05, 0.1) is 52.6 Å². The predicted octanol–water partition coefficient (Wildman–Crippen LogP) is 5.79. The molecular weight excluding hydrogens is 617 g/mol. The summed E-state index contributed by atoms with van der Waals surface area (Å²) in [5.41, 5.74) is 3.77. The van der Waals surface area contributed by atoms with E-state index < -0.39 is 19.8 Å². The van der Waals surface area contributed by atoms with E-state index in [-0.39, 0.29) is 42.3 Å². The molecule has 7 rings (SSSR count). The number of nitrogens with zero attached hydrogens (tertiary/aromatic N) is 2. The summed E-state index contributed by atoms with van der Waals surface area (Å²) in [6.45, 7) is 7.59. The number of rotatable bonds is 8. The van der Waals surface area contributed by atoms with Gasteiger partial charge in [0.1, 0.15) is 5.75 Å². The van der Waals surface area contributed by atoms with E-state index in [1.54, 1.807) is 7.11 Å². The van der Waals surface area contributed by atoms with Crippen LogP contribution >= 0.6 is 0 Å². The normalized spacial score (nSPS) is 24.9. The molecule has 4 aromatic rings. The van der Waals surface area contributed by atoms with Gasteiger partial charge in [0.15, 0.2) is 5.60 Å². The van der Waals surface area contributed by atoms with Gasteiger partial charge in [0, 0.05) is 18.0 Å². The van der Waals surface area contributed by atoms with Gasteiger partial charge >= 0.3 is 0 Å². The number of anilines is 1. The van der Waals surface area contributed by atoms with Crippen molar-refractivity contribution in [3.8, 4) is 5.75 Å².